The molecule has 0 aliphatic carbocycles. The highest BCUT2D eigenvalue weighted by molar-refractivity contribution is 5.83. The standard InChI is InChI=1S/C15H22N2O3/c1-10(2)13(14(18)20-4)17-15(19)16-11(3)12-8-6-5-7-9-12/h5-11,13H,1-4H3,(H2,16,17,19)/t11-,13+/m1/s1. The zero-order valence-corrected chi connectivity index (χ0v) is 12.3. The summed E-state index contributed by atoms with van der Waals surface area (Å²) in [6, 6.07) is 8.45. The number of amides is 2. The fourth-order valence-corrected chi connectivity index (χ4v) is 1.83. The summed E-state index contributed by atoms with van der Waals surface area (Å²) in [5.41, 5.74) is 1.00. The van der Waals surface area contributed by atoms with Gasteiger partial charge >= 0.3 is 12.0 Å². The van der Waals surface area contributed by atoms with E-state index in [1.165, 1.54) is 7.11 Å². The molecule has 5 heteroatoms. The molecule has 0 spiro atoms. The molecule has 0 unspecified atom stereocenters. The Bertz CT molecular complexity index is 446. The molecule has 1 aromatic carbocycles. The van der Waals surface area contributed by atoms with Crippen LogP contribution in [0.1, 0.15) is 32.4 Å². The van der Waals surface area contributed by atoms with E-state index >= 15 is 0 Å². The molecule has 0 radical (unpaired) electrons. The van der Waals surface area contributed by atoms with Gasteiger partial charge in [-0.15, -0.1) is 0 Å². The van der Waals surface area contributed by atoms with Crippen LogP contribution < -0.4 is 10.6 Å². The molecule has 0 aliphatic heterocycles. The van der Waals surface area contributed by atoms with Gasteiger partial charge in [0.15, 0.2) is 0 Å². The molecule has 0 bridgehead atoms. The molecule has 2 amide bonds. The van der Waals surface area contributed by atoms with Crippen LogP contribution in [0.2, 0.25) is 0 Å². The Morgan fingerprint density at radius 2 is 1.65 bits per heavy atom. The van der Waals surface area contributed by atoms with Gasteiger partial charge in [-0.25, -0.2) is 9.59 Å². The summed E-state index contributed by atoms with van der Waals surface area (Å²) in [4.78, 5) is 23.5. The molecule has 1 rings (SSSR count). The molecule has 5 nitrogen and oxygen atoms in total. The number of carbonyl (C=O) groups is 2. The van der Waals surface area contributed by atoms with Gasteiger partial charge in [0.2, 0.25) is 0 Å². The molecular weight excluding hydrogens is 256 g/mol. The zero-order valence-electron chi connectivity index (χ0n) is 12.3. The van der Waals surface area contributed by atoms with E-state index in [0.717, 1.165) is 5.56 Å². The van der Waals surface area contributed by atoms with Crippen molar-refractivity contribution >= 4 is 12.0 Å². The Labute approximate surface area is 119 Å². The van der Waals surface area contributed by atoms with Crippen LogP contribution in [0.25, 0.3) is 0 Å². The second kappa shape index (κ2) is 7.53. The lowest BCUT2D eigenvalue weighted by Gasteiger charge is -2.22. The van der Waals surface area contributed by atoms with Gasteiger partial charge in [0.05, 0.1) is 13.2 Å². The molecule has 110 valence electrons. The minimum absolute atomic E-state index is 0.0415. The number of carbonyl (C=O) groups excluding carboxylic acids is 2. The number of benzene rings is 1. The summed E-state index contributed by atoms with van der Waals surface area (Å²) < 4.78 is 4.68. The average Bonchev–Trinajstić information content (AvgIpc) is 2.44. The minimum Gasteiger partial charge on any atom is -0.467 e. The van der Waals surface area contributed by atoms with Gasteiger partial charge in [-0.2, -0.15) is 0 Å². The van der Waals surface area contributed by atoms with Crippen LogP contribution in [0.15, 0.2) is 30.3 Å². The Morgan fingerprint density at radius 1 is 1.05 bits per heavy atom. The van der Waals surface area contributed by atoms with E-state index < -0.39 is 12.0 Å². The highest BCUT2D eigenvalue weighted by Gasteiger charge is 2.25. The van der Waals surface area contributed by atoms with Gasteiger partial charge in [-0.05, 0) is 18.4 Å². The molecule has 1 aromatic rings. The number of esters is 1. The molecular formula is C15H22N2O3. The summed E-state index contributed by atoms with van der Waals surface area (Å²) in [5, 5.41) is 5.45. The topological polar surface area (TPSA) is 67.4 Å². The minimum atomic E-state index is -0.650. The summed E-state index contributed by atoms with van der Waals surface area (Å²) in [7, 11) is 1.31. The third kappa shape index (κ3) is 4.57. The third-order valence-corrected chi connectivity index (χ3v) is 3.06. The lowest BCUT2D eigenvalue weighted by molar-refractivity contribution is -0.143. The van der Waals surface area contributed by atoms with E-state index in [4.69, 9.17) is 0 Å². The first-order chi connectivity index (χ1) is 9.45. The lowest BCUT2D eigenvalue weighted by atomic mass is 10.1. The number of methoxy groups -OCH3 is 1. The van der Waals surface area contributed by atoms with Crippen molar-refractivity contribution in [2.45, 2.75) is 32.9 Å². The lowest BCUT2D eigenvalue weighted by Crippen LogP contribution is -2.49. The quantitative estimate of drug-likeness (QED) is 0.812. The smallest absolute Gasteiger partial charge is 0.328 e. The van der Waals surface area contributed by atoms with Crippen LogP contribution in [0.5, 0.6) is 0 Å². The Balaban J connectivity index is 2.60. The molecule has 0 aromatic heterocycles. The maximum atomic E-state index is 11.9. The third-order valence-electron chi connectivity index (χ3n) is 3.06. The van der Waals surface area contributed by atoms with Gasteiger partial charge in [0.1, 0.15) is 6.04 Å². The van der Waals surface area contributed by atoms with Gasteiger partial charge in [0, 0.05) is 0 Å². The normalized spacial score (nSPS) is 13.4. The number of hydrogen-bond donors (Lipinski definition) is 2. The largest absolute Gasteiger partial charge is 0.467 e. The second-order valence-electron chi connectivity index (χ2n) is 5.00. The molecule has 0 aliphatic rings. The number of rotatable bonds is 5. The van der Waals surface area contributed by atoms with E-state index in [-0.39, 0.29) is 18.0 Å². The summed E-state index contributed by atoms with van der Waals surface area (Å²) in [5.74, 6) is -0.484. The number of hydrogen-bond acceptors (Lipinski definition) is 3. The predicted molar refractivity (Wildman–Crippen MR) is 77.2 cm³/mol. The zero-order chi connectivity index (χ0) is 15.1. The fourth-order valence-electron chi connectivity index (χ4n) is 1.83. The van der Waals surface area contributed by atoms with Crippen LogP contribution in [0.3, 0.4) is 0 Å². The predicted octanol–water partition coefficient (Wildman–Crippen LogP) is 2.24. The van der Waals surface area contributed by atoms with E-state index in [2.05, 4.69) is 15.4 Å². The van der Waals surface area contributed by atoms with Crippen molar-refractivity contribution in [3.63, 3.8) is 0 Å². The Kier molecular flexibility index (Phi) is 6.03. The highest BCUT2D eigenvalue weighted by Crippen LogP contribution is 2.11. The maximum Gasteiger partial charge on any atom is 0.328 e. The monoisotopic (exact) mass is 278 g/mol. The molecule has 0 saturated carbocycles. The van der Waals surface area contributed by atoms with E-state index in [1.807, 2.05) is 51.1 Å². The van der Waals surface area contributed by atoms with Crippen molar-refractivity contribution in [3.05, 3.63) is 35.9 Å². The first kappa shape index (κ1) is 16.0. The van der Waals surface area contributed by atoms with Gasteiger partial charge < -0.3 is 15.4 Å². The van der Waals surface area contributed by atoms with Crippen molar-refractivity contribution in [2.24, 2.45) is 5.92 Å². The van der Waals surface area contributed by atoms with Crippen molar-refractivity contribution in [1.29, 1.82) is 0 Å². The van der Waals surface area contributed by atoms with Crippen molar-refractivity contribution in [1.82, 2.24) is 10.6 Å². The average molecular weight is 278 g/mol. The Morgan fingerprint density at radius 3 is 2.15 bits per heavy atom. The van der Waals surface area contributed by atoms with E-state index in [0.29, 0.717) is 0 Å². The first-order valence-corrected chi connectivity index (χ1v) is 6.65. The summed E-state index contributed by atoms with van der Waals surface area (Å²) >= 11 is 0. The van der Waals surface area contributed by atoms with Gasteiger partial charge in [0.25, 0.3) is 0 Å². The Hall–Kier alpha value is -2.04. The number of ether oxygens (including phenoxy) is 1. The van der Waals surface area contributed by atoms with E-state index in [9.17, 15) is 9.59 Å². The SMILES string of the molecule is COC(=O)[C@@H](NC(=O)N[C@H](C)c1ccccc1)C(C)C. The van der Waals surface area contributed by atoms with Crippen LogP contribution >= 0.6 is 0 Å². The molecule has 20 heavy (non-hydrogen) atoms. The van der Waals surface area contributed by atoms with Gasteiger partial charge in [-0.1, -0.05) is 44.2 Å². The molecule has 0 heterocycles. The van der Waals surface area contributed by atoms with Crippen LogP contribution in [-0.2, 0) is 9.53 Å². The van der Waals surface area contributed by atoms with Crippen LogP contribution in [0, 0.1) is 5.92 Å². The molecule has 0 saturated heterocycles. The molecule has 0 fully saturated rings. The molecule has 2 atom stereocenters. The second-order valence-corrected chi connectivity index (χ2v) is 5.00. The summed E-state index contributed by atoms with van der Waals surface area (Å²) in [6.45, 7) is 5.59. The highest BCUT2D eigenvalue weighted by atomic mass is 16.5. The van der Waals surface area contributed by atoms with Crippen LogP contribution in [0.4, 0.5) is 4.79 Å². The fraction of sp³-hybridized carbons (Fsp3) is 0.467. The maximum absolute atomic E-state index is 11.9. The molecule has 2 N–H and O–H groups in total. The van der Waals surface area contributed by atoms with Gasteiger partial charge in [-0.3, -0.25) is 0 Å². The van der Waals surface area contributed by atoms with Crippen molar-refractivity contribution in [3.8, 4) is 0 Å². The number of urea groups is 1. The van der Waals surface area contributed by atoms with E-state index in [1.54, 1.807) is 0 Å². The first-order valence-electron chi connectivity index (χ1n) is 6.65. The number of nitrogens with one attached hydrogen (secondary N) is 2. The van der Waals surface area contributed by atoms with Crippen molar-refractivity contribution < 1.29 is 14.3 Å². The summed E-state index contributed by atoms with van der Waals surface area (Å²) in [6.07, 6.45) is 0. The van der Waals surface area contributed by atoms with Crippen molar-refractivity contribution in [2.75, 3.05) is 7.11 Å². The van der Waals surface area contributed by atoms with Crippen LogP contribution in [-0.4, -0.2) is 25.2 Å².